The number of fused-ring (bicyclic) bond motifs is 1. The van der Waals surface area contributed by atoms with E-state index in [0.717, 1.165) is 29.3 Å². The van der Waals surface area contributed by atoms with Crippen molar-refractivity contribution in [3.63, 3.8) is 0 Å². The lowest BCUT2D eigenvalue weighted by Gasteiger charge is -2.23. The second kappa shape index (κ2) is 5.51. The van der Waals surface area contributed by atoms with E-state index in [1.165, 1.54) is 0 Å². The Kier molecular flexibility index (Phi) is 3.56. The summed E-state index contributed by atoms with van der Waals surface area (Å²) >= 11 is 0. The van der Waals surface area contributed by atoms with Gasteiger partial charge in [0.25, 0.3) is 0 Å². The lowest BCUT2D eigenvalue weighted by molar-refractivity contribution is 0.166. The Bertz CT molecular complexity index is 621. The van der Waals surface area contributed by atoms with E-state index in [1.807, 2.05) is 42.5 Å². The van der Waals surface area contributed by atoms with Crippen molar-refractivity contribution < 1.29 is 9.90 Å². The summed E-state index contributed by atoms with van der Waals surface area (Å²) in [4.78, 5) is 14.1. The highest BCUT2D eigenvalue weighted by atomic mass is 16.3. The SMILES string of the molecule is O=C(Nc1cccc2ccccc12)N1CCCC1CO. The van der Waals surface area contributed by atoms with Crippen molar-refractivity contribution in [2.75, 3.05) is 18.5 Å². The summed E-state index contributed by atoms with van der Waals surface area (Å²) in [6.07, 6.45) is 1.83. The zero-order valence-electron chi connectivity index (χ0n) is 11.2. The molecule has 3 rings (SSSR count). The molecule has 2 N–H and O–H groups in total. The van der Waals surface area contributed by atoms with Gasteiger partial charge in [-0.15, -0.1) is 0 Å². The van der Waals surface area contributed by atoms with E-state index in [1.54, 1.807) is 4.90 Å². The van der Waals surface area contributed by atoms with E-state index in [0.29, 0.717) is 6.54 Å². The number of hydrogen-bond donors (Lipinski definition) is 2. The Balaban J connectivity index is 1.84. The van der Waals surface area contributed by atoms with Gasteiger partial charge in [-0.05, 0) is 24.3 Å². The van der Waals surface area contributed by atoms with Gasteiger partial charge in [0.15, 0.2) is 0 Å². The Morgan fingerprint density at radius 3 is 2.90 bits per heavy atom. The topological polar surface area (TPSA) is 52.6 Å². The number of aliphatic hydroxyl groups is 1. The largest absolute Gasteiger partial charge is 0.394 e. The molecule has 2 amide bonds. The Labute approximate surface area is 118 Å². The molecule has 1 saturated heterocycles. The summed E-state index contributed by atoms with van der Waals surface area (Å²) in [6.45, 7) is 0.741. The van der Waals surface area contributed by atoms with Crippen LogP contribution in [0.3, 0.4) is 0 Å². The van der Waals surface area contributed by atoms with E-state index in [-0.39, 0.29) is 18.7 Å². The van der Waals surface area contributed by atoms with Crippen molar-refractivity contribution in [2.45, 2.75) is 18.9 Å². The minimum atomic E-state index is -0.127. The van der Waals surface area contributed by atoms with Crippen molar-refractivity contribution in [3.05, 3.63) is 42.5 Å². The van der Waals surface area contributed by atoms with Crippen LogP contribution in [0.4, 0.5) is 10.5 Å². The quantitative estimate of drug-likeness (QED) is 0.881. The molecule has 1 unspecified atom stereocenters. The summed E-state index contributed by atoms with van der Waals surface area (Å²) in [5, 5.41) is 14.4. The van der Waals surface area contributed by atoms with Gasteiger partial charge in [0.2, 0.25) is 0 Å². The molecule has 0 aromatic heterocycles. The van der Waals surface area contributed by atoms with Gasteiger partial charge in [0, 0.05) is 11.9 Å². The zero-order chi connectivity index (χ0) is 13.9. The maximum Gasteiger partial charge on any atom is 0.322 e. The molecule has 1 heterocycles. The average Bonchev–Trinajstić information content (AvgIpc) is 2.96. The lowest BCUT2D eigenvalue weighted by atomic mass is 10.1. The molecule has 20 heavy (non-hydrogen) atoms. The van der Waals surface area contributed by atoms with E-state index in [2.05, 4.69) is 5.32 Å². The summed E-state index contributed by atoms with van der Waals surface area (Å²) in [5.41, 5.74) is 0.816. The first-order valence-corrected chi connectivity index (χ1v) is 6.96. The third-order valence-corrected chi connectivity index (χ3v) is 3.88. The van der Waals surface area contributed by atoms with Gasteiger partial charge < -0.3 is 15.3 Å². The summed E-state index contributed by atoms with van der Waals surface area (Å²) < 4.78 is 0. The van der Waals surface area contributed by atoms with Gasteiger partial charge >= 0.3 is 6.03 Å². The van der Waals surface area contributed by atoms with Crippen molar-refractivity contribution in [1.82, 2.24) is 4.90 Å². The molecular formula is C16H18N2O2. The normalized spacial score (nSPS) is 18.4. The molecule has 0 bridgehead atoms. The zero-order valence-corrected chi connectivity index (χ0v) is 11.2. The first kappa shape index (κ1) is 12.9. The van der Waals surface area contributed by atoms with Crippen LogP contribution in [0.5, 0.6) is 0 Å². The number of hydrogen-bond acceptors (Lipinski definition) is 2. The number of nitrogens with zero attached hydrogens (tertiary/aromatic N) is 1. The van der Waals surface area contributed by atoms with E-state index in [4.69, 9.17) is 0 Å². The number of nitrogens with one attached hydrogen (secondary N) is 1. The second-order valence-corrected chi connectivity index (χ2v) is 5.13. The van der Waals surface area contributed by atoms with Gasteiger partial charge in [-0.2, -0.15) is 0 Å². The average molecular weight is 270 g/mol. The molecule has 0 aliphatic carbocycles. The fourth-order valence-electron chi connectivity index (χ4n) is 2.81. The Hall–Kier alpha value is -2.07. The van der Waals surface area contributed by atoms with Crippen LogP contribution in [0.2, 0.25) is 0 Å². The van der Waals surface area contributed by atoms with Crippen molar-refractivity contribution in [2.24, 2.45) is 0 Å². The number of aliphatic hydroxyl groups excluding tert-OH is 1. The molecule has 2 aromatic carbocycles. The molecule has 0 radical (unpaired) electrons. The number of benzene rings is 2. The Morgan fingerprint density at radius 1 is 1.25 bits per heavy atom. The number of urea groups is 1. The molecule has 0 saturated carbocycles. The minimum absolute atomic E-state index is 0.0307. The molecule has 104 valence electrons. The fraction of sp³-hybridized carbons (Fsp3) is 0.312. The van der Waals surface area contributed by atoms with Crippen molar-refractivity contribution in [1.29, 1.82) is 0 Å². The predicted octanol–water partition coefficient (Wildman–Crippen LogP) is 2.83. The van der Waals surface area contributed by atoms with E-state index in [9.17, 15) is 9.90 Å². The smallest absolute Gasteiger partial charge is 0.322 e. The molecule has 0 spiro atoms. The fourth-order valence-corrected chi connectivity index (χ4v) is 2.81. The van der Waals surface area contributed by atoms with Crippen LogP contribution in [0.1, 0.15) is 12.8 Å². The molecule has 1 aliphatic rings. The number of likely N-dealkylation sites (tertiary alicyclic amines) is 1. The van der Waals surface area contributed by atoms with Crippen LogP contribution in [-0.2, 0) is 0 Å². The molecule has 4 heteroatoms. The van der Waals surface area contributed by atoms with Crippen molar-refractivity contribution in [3.8, 4) is 0 Å². The second-order valence-electron chi connectivity index (χ2n) is 5.13. The van der Waals surface area contributed by atoms with Crippen LogP contribution in [0.25, 0.3) is 10.8 Å². The summed E-state index contributed by atoms with van der Waals surface area (Å²) in [6, 6.07) is 13.7. The highest BCUT2D eigenvalue weighted by Gasteiger charge is 2.28. The van der Waals surface area contributed by atoms with E-state index >= 15 is 0 Å². The van der Waals surface area contributed by atoms with Crippen molar-refractivity contribution >= 4 is 22.5 Å². The minimum Gasteiger partial charge on any atom is -0.394 e. The van der Waals surface area contributed by atoms with Crippen LogP contribution < -0.4 is 5.32 Å². The standard InChI is InChI=1S/C16H18N2O2/c19-11-13-7-4-10-18(13)16(20)17-15-9-3-6-12-5-1-2-8-14(12)15/h1-3,5-6,8-9,13,19H,4,7,10-11H2,(H,17,20). The first-order valence-electron chi connectivity index (χ1n) is 6.96. The van der Waals surface area contributed by atoms with Crippen LogP contribution >= 0.6 is 0 Å². The van der Waals surface area contributed by atoms with Gasteiger partial charge in [-0.3, -0.25) is 0 Å². The van der Waals surface area contributed by atoms with Gasteiger partial charge in [-0.1, -0.05) is 36.4 Å². The number of carbonyl (C=O) groups excluding carboxylic acids is 1. The lowest BCUT2D eigenvalue weighted by Crippen LogP contribution is -2.40. The van der Waals surface area contributed by atoms with Gasteiger partial charge in [0.1, 0.15) is 0 Å². The summed E-state index contributed by atoms with van der Waals surface area (Å²) in [5.74, 6) is 0. The molecule has 4 nitrogen and oxygen atoms in total. The molecular weight excluding hydrogens is 252 g/mol. The van der Waals surface area contributed by atoms with Gasteiger partial charge in [-0.25, -0.2) is 4.79 Å². The number of amides is 2. The third-order valence-electron chi connectivity index (χ3n) is 3.88. The molecule has 1 fully saturated rings. The molecule has 1 aliphatic heterocycles. The highest BCUT2D eigenvalue weighted by molar-refractivity contribution is 6.01. The molecule has 2 aromatic rings. The summed E-state index contributed by atoms with van der Waals surface area (Å²) in [7, 11) is 0. The third kappa shape index (κ3) is 2.34. The van der Waals surface area contributed by atoms with Crippen LogP contribution in [-0.4, -0.2) is 35.2 Å². The number of anilines is 1. The Morgan fingerprint density at radius 2 is 2.05 bits per heavy atom. The van der Waals surface area contributed by atoms with E-state index < -0.39 is 0 Å². The maximum atomic E-state index is 12.3. The highest BCUT2D eigenvalue weighted by Crippen LogP contribution is 2.24. The van der Waals surface area contributed by atoms with Gasteiger partial charge in [0.05, 0.1) is 18.3 Å². The number of rotatable bonds is 2. The monoisotopic (exact) mass is 270 g/mol. The molecule has 1 atom stereocenters. The van der Waals surface area contributed by atoms with Crippen LogP contribution in [0, 0.1) is 0 Å². The number of carbonyl (C=O) groups is 1. The predicted molar refractivity (Wildman–Crippen MR) is 79.8 cm³/mol. The van der Waals surface area contributed by atoms with Crippen LogP contribution in [0.15, 0.2) is 42.5 Å². The maximum absolute atomic E-state index is 12.3. The first-order chi connectivity index (χ1) is 9.79.